The molecule has 1 fully saturated rings. The number of rotatable bonds is 1. The van der Waals surface area contributed by atoms with E-state index in [4.69, 9.17) is 0 Å². The average molecular weight is 340 g/mol. The molecular weight excluding hydrogens is 320 g/mol. The maximum Gasteiger partial charge on any atom is 0.254 e. The van der Waals surface area contributed by atoms with Crippen LogP contribution in [0.1, 0.15) is 34.5 Å². The van der Waals surface area contributed by atoms with Crippen molar-refractivity contribution in [2.75, 3.05) is 7.05 Å². The molecule has 1 amide bonds. The van der Waals surface area contributed by atoms with E-state index in [0.717, 1.165) is 40.8 Å². The number of carbonyl (C=O) groups is 1. The molecule has 3 heteroatoms. The molecule has 3 nitrogen and oxygen atoms in total. The van der Waals surface area contributed by atoms with Gasteiger partial charge in [0, 0.05) is 30.1 Å². The summed E-state index contributed by atoms with van der Waals surface area (Å²) in [6.45, 7) is 2.04. The zero-order valence-electron chi connectivity index (χ0n) is 15.0. The van der Waals surface area contributed by atoms with Crippen LogP contribution in [0, 0.1) is 6.92 Å². The number of pyridine rings is 1. The third-order valence-corrected chi connectivity index (χ3v) is 5.96. The number of hydrogen-bond donors (Lipinski definition) is 0. The van der Waals surface area contributed by atoms with Gasteiger partial charge in [0.2, 0.25) is 0 Å². The third-order valence-electron chi connectivity index (χ3n) is 5.96. The number of fused-ring (bicyclic) bond motifs is 4. The Kier molecular flexibility index (Phi) is 3.11. The fourth-order valence-corrected chi connectivity index (χ4v) is 4.31. The summed E-state index contributed by atoms with van der Waals surface area (Å²) >= 11 is 0. The van der Waals surface area contributed by atoms with Crippen molar-refractivity contribution in [3.05, 3.63) is 77.6 Å². The van der Waals surface area contributed by atoms with Gasteiger partial charge in [-0.25, -0.2) is 0 Å². The summed E-state index contributed by atoms with van der Waals surface area (Å²) in [6, 6.07) is 18.7. The second kappa shape index (κ2) is 5.28. The first-order valence-electron chi connectivity index (χ1n) is 9.06. The van der Waals surface area contributed by atoms with Crippen LogP contribution in [0.2, 0.25) is 0 Å². The number of hydrogen-bond acceptors (Lipinski definition) is 2. The summed E-state index contributed by atoms with van der Waals surface area (Å²) in [5.74, 6) is 0.119. The minimum atomic E-state index is -0.145. The lowest BCUT2D eigenvalue weighted by Gasteiger charge is -2.27. The molecule has 0 atom stereocenters. The fraction of sp³-hybridized carbons (Fsp3) is 0.217. The molecule has 2 heterocycles. The van der Waals surface area contributed by atoms with E-state index in [9.17, 15) is 4.79 Å². The number of benzene rings is 2. The Balaban J connectivity index is 1.80. The topological polar surface area (TPSA) is 33.2 Å². The molecule has 0 radical (unpaired) electrons. The number of aromatic nitrogens is 1. The highest BCUT2D eigenvalue weighted by Gasteiger charge is 2.52. The lowest BCUT2D eigenvalue weighted by atomic mass is 9.89. The van der Waals surface area contributed by atoms with Crippen LogP contribution >= 0.6 is 0 Å². The zero-order valence-corrected chi connectivity index (χ0v) is 15.0. The molecule has 0 unspecified atom stereocenters. The van der Waals surface area contributed by atoms with Crippen LogP contribution < -0.4 is 0 Å². The van der Waals surface area contributed by atoms with E-state index in [1.807, 2.05) is 49.3 Å². The van der Waals surface area contributed by atoms with E-state index >= 15 is 0 Å². The Morgan fingerprint density at radius 1 is 0.923 bits per heavy atom. The number of amides is 1. The van der Waals surface area contributed by atoms with Crippen LogP contribution in [0.5, 0.6) is 0 Å². The minimum absolute atomic E-state index is 0.119. The molecule has 1 saturated carbocycles. The van der Waals surface area contributed by atoms with E-state index in [-0.39, 0.29) is 11.4 Å². The molecule has 2 aromatic carbocycles. The van der Waals surface area contributed by atoms with Gasteiger partial charge in [-0.15, -0.1) is 0 Å². The average Bonchev–Trinajstić information content (AvgIpc) is 3.49. The highest BCUT2D eigenvalue weighted by Crippen LogP contribution is 2.56. The highest BCUT2D eigenvalue weighted by molar-refractivity contribution is 6.03. The third kappa shape index (κ3) is 2.00. The lowest BCUT2D eigenvalue weighted by Crippen LogP contribution is -2.36. The molecule has 0 bridgehead atoms. The smallest absolute Gasteiger partial charge is 0.254 e. The van der Waals surface area contributed by atoms with Gasteiger partial charge in [0.05, 0.1) is 5.54 Å². The van der Waals surface area contributed by atoms with Gasteiger partial charge in [-0.1, -0.05) is 36.4 Å². The Bertz CT molecular complexity index is 1050. The Morgan fingerprint density at radius 3 is 2.38 bits per heavy atom. The van der Waals surface area contributed by atoms with Crippen molar-refractivity contribution in [2.24, 2.45) is 0 Å². The van der Waals surface area contributed by atoms with Gasteiger partial charge in [-0.3, -0.25) is 9.78 Å². The van der Waals surface area contributed by atoms with Gasteiger partial charge < -0.3 is 4.90 Å². The van der Waals surface area contributed by atoms with Crippen LogP contribution in [-0.2, 0) is 5.54 Å². The molecule has 1 aromatic heterocycles. The molecular formula is C23H20N2O. The second-order valence-electron chi connectivity index (χ2n) is 7.34. The van der Waals surface area contributed by atoms with Crippen molar-refractivity contribution in [3.8, 4) is 22.3 Å². The summed E-state index contributed by atoms with van der Waals surface area (Å²) in [5.41, 5.74) is 7.43. The van der Waals surface area contributed by atoms with Gasteiger partial charge in [-0.2, -0.15) is 0 Å². The van der Waals surface area contributed by atoms with Crippen molar-refractivity contribution in [2.45, 2.75) is 25.3 Å². The molecule has 26 heavy (non-hydrogen) atoms. The van der Waals surface area contributed by atoms with Crippen molar-refractivity contribution < 1.29 is 4.79 Å². The van der Waals surface area contributed by atoms with E-state index in [1.165, 1.54) is 11.1 Å². The Labute approximate surface area is 153 Å². The van der Waals surface area contributed by atoms with Crippen LogP contribution in [0.25, 0.3) is 22.3 Å². The summed E-state index contributed by atoms with van der Waals surface area (Å²) in [5, 5.41) is 0. The summed E-state index contributed by atoms with van der Waals surface area (Å²) in [6.07, 6.45) is 3.88. The van der Waals surface area contributed by atoms with Gasteiger partial charge in [0.1, 0.15) is 0 Å². The van der Waals surface area contributed by atoms with Crippen LogP contribution in [0.4, 0.5) is 0 Å². The fourth-order valence-electron chi connectivity index (χ4n) is 4.31. The minimum Gasteiger partial charge on any atom is -0.332 e. The number of nitrogens with zero attached hydrogens (tertiary/aromatic N) is 2. The molecule has 3 aromatic rings. The lowest BCUT2D eigenvalue weighted by molar-refractivity contribution is 0.0710. The second-order valence-corrected chi connectivity index (χ2v) is 7.34. The van der Waals surface area contributed by atoms with Crippen LogP contribution in [0.15, 0.2) is 60.8 Å². The first-order chi connectivity index (χ1) is 12.6. The monoisotopic (exact) mass is 340 g/mol. The van der Waals surface area contributed by atoms with E-state index in [1.54, 1.807) is 0 Å². The first kappa shape index (κ1) is 15.3. The molecule has 128 valence electrons. The standard InChI is InChI=1S/C23H20N2O/c1-15-17(8-5-13-24-15)16-9-10-21-20(14-16)18-6-3-4-7-19(18)22(26)25(2)23(21)11-12-23/h3-10,13-14H,11-12H2,1-2H3. The Morgan fingerprint density at radius 2 is 1.65 bits per heavy atom. The maximum atomic E-state index is 13.1. The van der Waals surface area contributed by atoms with Gasteiger partial charge in [0.15, 0.2) is 0 Å². The van der Waals surface area contributed by atoms with Crippen molar-refractivity contribution in [1.82, 2.24) is 9.88 Å². The normalized spacial score (nSPS) is 16.8. The molecule has 2 aliphatic rings. The van der Waals surface area contributed by atoms with E-state index < -0.39 is 0 Å². The quantitative estimate of drug-likeness (QED) is 0.637. The van der Waals surface area contributed by atoms with Crippen LogP contribution in [0.3, 0.4) is 0 Å². The first-order valence-corrected chi connectivity index (χ1v) is 9.06. The number of carbonyl (C=O) groups excluding carboxylic acids is 1. The van der Waals surface area contributed by atoms with E-state index in [2.05, 4.69) is 35.3 Å². The van der Waals surface area contributed by atoms with Crippen molar-refractivity contribution >= 4 is 5.91 Å². The SMILES string of the molecule is Cc1ncccc1-c1ccc2c(c1)-c1ccccc1C(=O)N(C)C21CC1. The van der Waals surface area contributed by atoms with Crippen molar-refractivity contribution in [1.29, 1.82) is 0 Å². The predicted octanol–water partition coefficient (Wildman–Crippen LogP) is 4.80. The van der Waals surface area contributed by atoms with E-state index in [0.29, 0.717) is 0 Å². The molecule has 1 aliphatic heterocycles. The van der Waals surface area contributed by atoms with Gasteiger partial charge >= 0.3 is 0 Å². The van der Waals surface area contributed by atoms with Gasteiger partial charge in [-0.05, 0) is 60.2 Å². The van der Waals surface area contributed by atoms with Crippen LogP contribution in [-0.4, -0.2) is 22.8 Å². The number of aryl methyl sites for hydroxylation is 1. The highest BCUT2D eigenvalue weighted by atomic mass is 16.2. The zero-order chi connectivity index (χ0) is 17.9. The van der Waals surface area contributed by atoms with Crippen molar-refractivity contribution in [3.63, 3.8) is 0 Å². The summed E-state index contributed by atoms with van der Waals surface area (Å²) in [7, 11) is 1.94. The predicted molar refractivity (Wildman–Crippen MR) is 103 cm³/mol. The molecule has 5 rings (SSSR count). The summed E-state index contributed by atoms with van der Waals surface area (Å²) in [4.78, 5) is 19.5. The van der Waals surface area contributed by atoms with Gasteiger partial charge in [0.25, 0.3) is 5.91 Å². The largest absolute Gasteiger partial charge is 0.332 e. The molecule has 0 saturated heterocycles. The molecule has 0 N–H and O–H groups in total. The molecule has 1 spiro atoms. The summed E-state index contributed by atoms with van der Waals surface area (Å²) < 4.78 is 0. The molecule has 1 aliphatic carbocycles. The Hall–Kier alpha value is -2.94. The maximum absolute atomic E-state index is 13.1.